The van der Waals surface area contributed by atoms with Crippen molar-refractivity contribution in [1.29, 1.82) is 0 Å². The maximum Gasteiger partial charge on any atom is 0.272 e. The van der Waals surface area contributed by atoms with Crippen molar-refractivity contribution in [1.82, 2.24) is 19.5 Å². The Labute approximate surface area is 117 Å². The number of nitrogens with one attached hydrogen (secondary N) is 1. The fraction of sp³-hybridized carbons (Fsp3) is 0.600. The Morgan fingerprint density at radius 3 is 2.80 bits per heavy atom. The zero-order valence-electron chi connectivity index (χ0n) is 11.6. The van der Waals surface area contributed by atoms with Gasteiger partial charge in [0, 0.05) is 30.8 Å². The lowest BCUT2D eigenvalue weighted by Gasteiger charge is -2.31. The van der Waals surface area contributed by atoms with Gasteiger partial charge in [-0.2, -0.15) is 0 Å². The lowest BCUT2D eigenvalue weighted by molar-refractivity contribution is 0.203. The summed E-state index contributed by atoms with van der Waals surface area (Å²) in [6.07, 6.45) is 6.84. The van der Waals surface area contributed by atoms with Gasteiger partial charge >= 0.3 is 0 Å². The molecule has 1 saturated carbocycles. The average Bonchev–Trinajstić information content (AvgIpc) is 3.14. The molecule has 5 heteroatoms. The number of rotatable bonds is 3. The molecule has 1 saturated heterocycles. The maximum atomic E-state index is 12.0. The van der Waals surface area contributed by atoms with Crippen LogP contribution < -0.4 is 5.56 Å². The third kappa shape index (κ3) is 2.26. The quantitative estimate of drug-likeness (QED) is 0.923. The summed E-state index contributed by atoms with van der Waals surface area (Å²) in [6, 6.07) is 3.55. The molecule has 0 unspecified atom stereocenters. The van der Waals surface area contributed by atoms with Gasteiger partial charge in [-0.25, -0.2) is 9.50 Å². The van der Waals surface area contributed by atoms with Crippen molar-refractivity contribution >= 4 is 5.65 Å². The van der Waals surface area contributed by atoms with Crippen LogP contribution in [0.1, 0.15) is 37.3 Å². The van der Waals surface area contributed by atoms with E-state index in [1.165, 1.54) is 23.9 Å². The first-order chi connectivity index (χ1) is 9.79. The standard InChI is InChI=1S/C15H20N4O/c20-15-9-13(17-14-3-6-16-19(14)15)12-4-7-18(8-5-12)10-11-1-2-11/h3,6,9,11-12,16H,1-2,4-5,7-8,10H2. The van der Waals surface area contributed by atoms with Crippen LogP contribution >= 0.6 is 0 Å². The molecule has 4 rings (SSSR count). The molecule has 2 aromatic heterocycles. The SMILES string of the molecule is O=c1cc(C2CCN(CC3CC3)CC2)nc2cc[nH]n12. The van der Waals surface area contributed by atoms with Crippen molar-refractivity contribution in [3.63, 3.8) is 0 Å². The van der Waals surface area contributed by atoms with Crippen LogP contribution in [0.2, 0.25) is 0 Å². The van der Waals surface area contributed by atoms with Gasteiger partial charge in [0.05, 0.1) is 5.69 Å². The van der Waals surface area contributed by atoms with Gasteiger partial charge in [-0.3, -0.25) is 9.89 Å². The Kier molecular flexibility index (Phi) is 2.88. The highest BCUT2D eigenvalue weighted by Crippen LogP contribution is 2.32. The molecule has 0 aromatic carbocycles. The first-order valence-corrected chi connectivity index (χ1v) is 7.59. The Morgan fingerprint density at radius 2 is 2.05 bits per heavy atom. The summed E-state index contributed by atoms with van der Waals surface area (Å²) >= 11 is 0. The molecule has 0 atom stereocenters. The predicted octanol–water partition coefficient (Wildman–Crippen LogP) is 1.61. The Balaban J connectivity index is 1.50. The third-order valence-corrected chi connectivity index (χ3v) is 4.62. The lowest BCUT2D eigenvalue weighted by atomic mass is 9.93. The predicted molar refractivity (Wildman–Crippen MR) is 77.0 cm³/mol. The second-order valence-electron chi connectivity index (χ2n) is 6.19. The normalized spacial score (nSPS) is 21.6. The summed E-state index contributed by atoms with van der Waals surface area (Å²) in [5.74, 6) is 1.41. The van der Waals surface area contributed by atoms with E-state index < -0.39 is 0 Å². The summed E-state index contributed by atoms with van der Waals surface area (Å²) in [7, 11) is 0. The van der Waals surface area contributed by atoms with Gasteiger partial charge in [-0.15, -0.1) is 0 Å². The van der Waals surface area contributed by atoms with Gasteiger partial charge in [-0.05, 0) is 44.7 Å². The molecule has 5 nitrogen and oxygen atoms in total. The zero-order valence-corrected chi connectivity index (χ0v) is 11.6. The van der Waals surface area contributed by atoms with E-state index in [9.17, 15) is 4.79 Å². The number of nitrogens with zero attached hydrogens (tertiary/aromatic N) is 3. The second-order valence-corrected chi connectivity index (χ2v) is 6.19. The lowest BCUT2D eigenvalue weighted by Crippen LogP contribution is -2.35. The third-order valence-electron chi connectivity index (χ3n) is 4.62. The van der Waals surface area contributed by atoms with Crippen LogP contribution in [0.4, 0.5) is 0 Å². The minimum atomic E-state index is -0.00425. The molecule has 2 fully saturated rings. The van der Waals surface area contributed by atoms with Crippen LogP contribution in [-0.4, -0.2) is 39.1 Å². The monoisotopic (exact) mass is 272 g/mol. The summed E-state index contributed by atoms with van der Waals surface area (Å²) < 4.78 is 1.49. The average molecular weight is 272 g/mol. The van der Waals surface area contributed by atoms with Crippen LogP contribution in [0.3, 0.4) is 0 Å². The van der Waals surface area contributed by atoms with Crippen molar-refractivity contribution in [3.8, 4) is 0 Å². The number of piperidine rings is 1. The van der Waals surface area contributed by atoms with Crippen LogP contribution in [0, 0.1) is 5.92 Å². The highest BCUT2D eigenvalue weighted by atomic mass is 16.1. The number of aromatic amines is 1. The molecule has 20 heavy (non-hydrogen) atoms. The van der Waals surface area contributed by atoms with E-state index in [-0.39, 0.29) is 5.56 Å². The highest BCUT2D eigenvalue weighted by molar-refractivity contribution is 5.37. The van der Waals surface area contributed by atoms with Gasteiger partial charge < -0.3 is 4.90 Å². The zero-order chi connectivity index (χ0) is 13.5. The Bertz CT molecular complexity index is 662. The molecule has 0 bridgehead atoms. The number of hydrogen-bond acceptors (Lipinski definition) is 3. The molecule has 2 aliphatic rings. The molecule has 2 aromatic rings. The van der Waals surface area contributed by atoms with E-state index in [1.54, 1.807) is 12.3 Å². The second kappa shape index (κ2) is 4.74. The minimum absolute atomic E-state index is 0.00425. The molecule has 1 aliphatic heterocycles. The van der Waals surface area contributed by atoms with E-state index >= 15 is 0 Å². The van der Waals surface area contributed by atoms with Gasteiger partial charge in [0.1, 0.15) is 0 Å². The largest absolute Gasteiger partial charge is 0.303 e. The molecule has 106 valence electrons. The van der Waals surface area contributed by atoms with Crippen LogP contribution in [-0.2, 0) is 0 Å². The fourth-order valence-electron chi connectivity index (χ4n) is 3.23. The van der Waals surface area contributed by atoms with Crippen LogP contribution in [0.15, 0.2) is 23.1 Å². The van der Waals surface area contributed by atoms with Crippen molar-refractivity contribution in [3.05, 3.63) is 34.4 Å². The van der Waals surface area contributed by atoms with Crippen molar-refractivity contribution in [2.45, 2.75) is 31.6 Å². The van der Waals surface area contributed by atoms with E-state index in [0.29, 0.717) is 5.92 Å². The van der Waals surface area contributed by atoms with E-state index in [2.05, 4.69) is 15.0 Å². The smallest absolute Gasteiger partial charge is 0.272 e. The van der Waals surface area contributed by atoms with E-state index in [0.717, 1.165) is 43.2 Å². The number of aromatic nitrogens is 3. The molecule has 0 spiro atoms. The molecule has 0 radical (unpaired) electrons. The first-order valence-electron chi connectivity index (χ1n) is 7.59. The molecule has 1 aliphatic carbocycles. The van der Waals surface area contributed by atoms with Crippen molar-refractivity contribution in [2.75, 3.05) is 19.6 Å². The van der Waals surface area contributed by atoms with Crippen LogP contribution in [0.25, 0.3) is 5.65 Å². The molecular weight excluding hydrogens is 252 g/mol. The van der Waals surface area contributed by atoms with E-state index in [1.807, 2.05) is 6.07 Å². The number of fused-ring (bicyclic) bond motifs is 1. The number of likely N-dealkylation sites (tertiary alicyclic amines) is 1. The Hall–Kier alpha value is -1.62. The molecule has 3 heterocycles. The number of H-pyrrole nitrogens is 1. The summed E-state index contributed by atoms with van der Waals surface area (Å²) in [5.41, 5.74) is 1.70. The molecule has 1 N–H and O–H groups in total. The molecule has 0 amide bonds. The van der Waals surface area contributed by atoms with Crippen molar-refractivity contribution in [2.24, 2.45) is 5.92 Å². The summed E-state index contributed by atoms with van der Waals surface area (Å²) in [6.45, 7) is 3.57. The highest BCUT2D eigenvalue weighted by Gasteiger charge is 2.28. The van der Waals surface area contributed by atoms with Gasteiger partial charge in [0.2, 0.25) is 0 Å². The van der Waals surface area contributed by atoms with E-state index in [4.69, 9.17) is 0 Å². The van der Waals surface area contributed by atoms with Gasteiger partial charge in [-0.1, -0.05) is 0 Å². The van der Waals surface area contributed by atoms with Gasteiger partial charge in [0.25, 0.3) is 5.56 Å². The number of hydrogen-bond donors (Lipinski definition) is 1. The maximum absolute atomic E-state index is 12.0. The van der Waals surface area contributed by atoms with Gasteiger partial charge in [0.15, 0.2) is 5.65 Å². The minimum Gasteiger partial charge on any atom is -0.303 e. The van der Waals surface area contributed by atoms with Crippen LogP contribution in [0.5, 0.6) is 0 Å². The fourth-order valence-corrected chi connectivity index (χ4v) is 3.23. The van der Waals surface area contributed by atoms with Crippen molar-refractivity contribution < 1.29 is 0 Å². The summed E-state index contributed by atoms with van der Waals surface area (Å²) in [5, 5.41) is 2.89. The Morgan fingerprint density at radius 1 is 1.25 bits per heavy atom. The first kappa shape index (κ1) is 12.1. The molecular formula is C15H20N4O. The summed E-state index contributed by atoms with van der Waals surface area (Å²) in [4.78, 5) is 19.2. The topological polar surface area (TPSA) is 53.4 Å².